The Labute approximate surface area is 88.0 Å². The highest BCUT2D eigenvalue weighted by Crippen LogP contribution is 2.24. The van der Waals surface area contributed by atoms with E-state index in [-0.39, 0.29) is 0 Å². The van der Waals surface area contributed by atoms with E-state index in [4.69, 9.17) is 0 Å². The molecular weight excluding hydrogens is 188 g/mol. The molecule has 0 spiro atoms. The van der Waals surface area contributed by atoms with Crippen LogP contribution in [0.3, 0.4) is 0 Å². The average molecular weight is 200 g/mol. The van der Waals surface area contributed by atoms with Crippen molar-refractivity contribution < 1.29 is 0 Å². The normalized spacial score (nSPS) is 15.2. The molecule has 1 aliphatic rings. The second-order valence-electron chi connectivity index (χ2n) is 3.75. The van der Waals surface area contributed by atoms with Crippen LogP contribution in [0.15, 0.2) is 36.9 Å². The number of hydrogen-bond acceptors (Lipinski definition) is 3. The summed E-state index contributed by atoms with van der Waals surface area (Å²) in [6.07, 6.45) is 9.85. The van der Waals surface area contributed by atoms with Crippen molar-refractivity contribution in [2.45, 2.75) is 18.9 Å². The van der Waals surface area contributed by atoms with Crippen LogP contribution in [0.4, 0.5) is 5.95 Å². The van der Waals surface area contributed by atoms with Crippen LogP contribution in [0, 0.1) is 0 Å². The van der Waals surface area contributed by atoms with E-state index in [1.54, 1.807) is 12.4 Å². The standard InChI is InChI=1S/C11H12N4/c1-2-10(8-12-5-1)15-7-6-13-11(15)14-9-3-4-9/h1-2,5-9H,3-4H2,(H,13,14). The summed E-state index contributed by atoms with van der Waals surface area (Å²) in [5.74, 6) is 0.908. The Hall–Kier alpha value is -1.84. The molecule has 0 unspecified atom stereocenters. The van der Waals surface area contributed by atoms with E-state index in [9.17, 15) is 0 Å². The molecule has 0 radical (unpaired) electrons. The van der Waals surface area contributed by atoms with E-state index >= 15 is 0 Å². The number of hydrogen-bond donors (Lipinski definition) is 1. The molecule has 1 fully saturated rings. The maximum absolute atomic E-state index is 4.30. The van der Waals surface area contributed by atoms with Crippen molar-refractivity contribution in [3.8, 4) is 5.69 Å². The van der Waals surface area contributed by atoms with Crippen molar-refractivity contribution >= 4 is 5.95 Å². The number of nitrogens with one attached hydrogen (secondary N) is 1. The Bertz CT molecular complexity index is 445. The number of imidazole rings is 1. The fourth-order valence-electron chi connectivity index (χ4n) is 1.53. The van der Waals surface area contributed by atoms with Gasteiger partial charge in [-0.05, 0) is 25.0 Å². The average Bonchev–Trinajstić information content (AvgIpc) is 2.96. The molecule has 3 rings (SSSR count). The third-order valence-electron chi connectivity index (χ3n) is 2.48. The quantitative estimate of drug-likeness (QED) is 0.822. The van der Waals surface area contributed by atoms with Crippen molar-refractivity contribution in [1.29, 1.82) is 0 Å². The molecule has 1 aliphatic carbocycles. The van der Waals surface area contributed by atoms with Gasteiger partial charge in [0.15, 0.2) is 0 Å². The van der Waals surface area contributed by atoms with E-state index in [1.165, 1.54) is 12.8 Å². The largest absolute Gasteiger partial charge is 0.353 e. The first-order valence-corrected chi connectivity index (χ1v) is 5.14. The van der Waals surface area contributed by atoms with Gasteiger partial charge in [0.25, 0.3) is 0 Å². The molecule has 0 saturated heterocycles. The van der Waals surface area contributed by atoms with Gasteiger partial charge >= 0.3 is 0 Å². The maximum atomic E-state index is 4.30. The van der Waals surface area contributed by atoms with Gasteiger partial charge in [-0.25, -0.2) is 4.98 Å². The predicted octanol–water partition coefficient (Wildman–Crippen LogP) is 1.84. The summed E-state index contributed by atoms with van der Waals surface area (Å²) in [5, 5.41) is 3.39. The summed E-state index contributed by atoms with van der Waals surface area (Å²) in [4.78, 5) is 8.40. The zero-order valence-electron chi connectivity index (χ0n) is 8.30. The third kappa shape index (κ3) is 1.70. The minimum absolute atomic E-state index is 0.614. The van der Waals surface area contributed by atoms with Gasteiger partial charge in [-0.15, -0.1) is 0 Å². The van der Waals surface area contributed by atoms with Gasteiger partial charge in [0, 0.05) is 24.6 Å². The lowest BCUT2D eigenvalue weighted by Crippen LogP contribution is -2.07. The van der Waals surface area contributed by atoms with Gasteiger partial charge in [-0.3, -0.25) is 9.55 Å². The molecule has 4 heteroatoms. The molecule has 0 atom stereocenters. The Morgan fingerprint density at radius 2 is 2.27 bits per heavy atom. The second kappa shape index (κ2) is 3.38. The van der Waals surface area contributed by atoms with Crippen LogP contribution >= 0.6 is 0 Å². The maximum Gasteiger partial charge on any atom is 0.207 e. The van der Waals surface area contributed by atoms with Crippen molar-refractivity contribution in [1.82, 2.24) is 14.5 Å². The summed E-state index contributed by atoms with van der Waals surface area (Å²) < 4.78 is 2.02. The predicted molar refractivity (Wildman–Crippen MR) is 58.0 cm³/mol. The molecule has 4 nitrogen and oxygen atoms in total. The Morgan fingerprint density at radius 3 is 3.00 bits per heavy atom. The van der Waals surface area contributed by atoms with Gasteiger partial charge < -0.3 is 5.32 Å². The molecule has 0 aromatic carbocycles. The highest BCUT2D eigenvalue weighted by molar-refractivity contribution is 5.41. The minimum Gasteiger partial charge on any atom is -0.353 e. The van der Waals surface area contributed by atoms with Crippen molar-refractivity contribution in [2.75, 3.05) is 5.32 Å². The first-order chi connectivity index (χ1) is 7.43. The van der Waals surface area contributed by atoms with Crippen molar-refractivity contribution in [3.05, 3.63) is 36.9 Å². The SMILES string of the molecule is c1cncc(-n2ccnc2NC2CC2)c1. The molecule has 2 heterocycles. The summed E-state index contributed by atoms with van der Waals surface area (Å²) in [6.45, 7) is 0. The topological polar surface area (TPSA) is 42.7 Å². The summed E-state index contributed by atoms with van der Waals surface area (Å²) >= 11 is 0. The van der Waals surface area contributed by atoms with Crippen molar-refractivity contribution in [3.63, 3.8) is 0 Å². The highest BCUT2D eigenvalue weighted by atomic mass is 15.2. The number of pyridine rings is 1. The third-order valence-corrected chi connectivity index (χ3v) is 2.48. The lowest BCUT2D eigenvalue weighted by molar-refractivity contribution is 0.994. The first-order valence-electron chi connectivity index (χ1n) is 5.14. The first kappa shape index (κ1) is 8.47. The van der Waals surface area contributed by atoms with Crippen LogP contribution < -0.4 is 5.32 Å². The zero-order valence-corrected chi connectivity index (χ0v) is 8.30. The molecule has 0 aliphatic heterocycles. The molecular formula is C11H12N4. The molecule has 2 aromatic rings. The van der Waals surface area contributed by atoms with E-state index in [2.05, 4.69) is 15.3 Å². The summed E-state index contributed by atoms with van der Waals surface area (Å²) in [6, 6.07) is 4.56. The number of anilines is 1. The lowest BCUT2D eigenvalue weighted by Gasteiger charge is -2.07. The van der Waals surface area contributed by atoms with Crippen LogP contribution in [0.1, 0.15) is 12.8 Å². The van der Waals surface area contributed by atoms with Crippen LogP contribution in [-0.2, 0) is 0 Å². The molecule has 0 amide bonds. The molecule has 0 bridgehead atoms. The van der Waals surface area contributed by atoms with Gasteiger partial charge in [0.1, 0.15) is 0 Å². The van der Waals surface area contributed by atoms with Crippen LogP contribution in [-0.4, -0.2) is 20.6 Å². The molecule has 15 heavy (non-hydrogen) atoms. The summed E-state index contributed by atoms with van der Waals surface area (Å²) in [5.41, 5.74) is 1.04. The Kier molecular flexibility index (Phi) is 1.91. The van der Waals surface area contributed by atoms with Crippen LogP contribution in [0.5, 0.6) is 0 Å². The van der Waals surface area contributed by atoms with Gasteiger partial charge in [-0.1, -0.05) is 0 Å². The van der Waals surface area contributed by atoms with Gasteiger partial charge in [-0.2, -0.15) is 0 Å². The Balaban J connectivity index is 1.93. The fraction of sp³-hybridized carbons (Fsp3) is 0.273. The zero-order chi connectivity index (χ0) is 10.1. The number of nitrogens with zero attached hydrogens (tertiary/aromatic N) is 3. The smallest absolute Gasteiger partial charge is 0.207 e. The molecule has 1 N–H and O–H groups in total. The molecule has 76 valence electrons. The Morgan fingerprint density at radius 1 is 1.33 bits per heavy atom. The fourth-order valence-corrected chi connectivity index (χ4v) is 1.53. The van der Waals surface area contributed by atoms with Gasteiger partial charge in [0.2, 0.25) is 5.95 Å². The van der Waals surface area contributed by atoms with Crippen LogP contribution in [0.2, 0.25) is 0 Å². The van der Waals surface area contributed by atoms with Gasteiger partial charge in [0.05, 0.1) is 11.9 Å². The number of aromatic nitrogens is 3. The van der Waals surface area contributed by atoms with E-state index in [0.717, 1.165) is 11.6 Å². The van der Waals surface area contributed by atoms with E-state index < -0.39 is 0 Å². The minimum atomic E-state index is 0.614. The molecule has 2 aromatic heterocycles. The van der Waals surface area contributed by atoms with Crippen molar-refractivity contribution in [2.24, 2.45) is 0 Å². The second-order valence-corrected chi connectivity index (χ2v) is 3.75. The van der Waals surface area contributed by atoms with E-state index in [0.29, 0.717) is 6.04 Å². The van der Waals surface area contributed by atoms with Crippen LogP contribution in [0.25, 0.3) is 5.69 Å². The molecule has 1 saturated carbocycles. The highest BCUT2D eigenvalue weighted by Gasteiger charge is 2.22. The summed E-state index contributed by atoms with van der Waals surface area (Å²) in [7, 11) is 0. The van der Waals surface area contributed by atoms with E-state index in [1.807, 2.05) is 29.1 Å². The lowest BCUT2D eigenvalue weighted by atomic mass is 10.4. The monoisotopic (exact) mass is 200 g/mol. The number of rotatable bonds is 3.